The summed E-state index contributed by atoms with van der Waals surface area (Å²) in [5.41, 5.74) is 3.41. The van der Waals surface area contributed by atoms with Gasteiger partial charge in [-0.15, -0.1) is 0 Å². The molecular formula is C24H28N4O2S. The monoisotopic (exact) mass is 436 g/mol. The van der Waals surface area contributed by atoms with Crippen molar-refractivity contribution in [3.63, 3.8) is 0 Å². The number of thioether (sulfide) groups is 1. The van der Waals surface area contributed by atoms with E-state index in [1.54, 1.807) is 6.07 Å². The molecule has 2 N–H and O–H groups in total. The van der Waals surface area contributed by atoms with Gasteiger partial charge in [0.15, 0.2) is 0 Å². The Morgan fingerprint density at radius 3 is 2.77 bits per heavy atom. The van der Waals surface area contributed by atoms with Crippen LogP contribution in [0.5, 0.6) is 5.75 Å². The van der Waals surface area contributed by atoms with Gasteiger partial charge in [-0.25, -0.2) is 0 Å². The minimum atomic E-state index is -0.193. The van der Waals surface area contributed by atoms with Crippen LogP contribution in [0.25, 0.3) is 11.3 Å². The number of carbonyl (C=O) groups is 1. The summed E-state index contributed by atoms with van der Waals surface area (Å²) < 4.78 is 6.04. The van der Waals surface area contributed by atoms with Gasteiger partial charge in [-0.1, -0.05) is 42.5 Å². The van der Waals surface area contributed by atoms with Crippen LogP contribution < -0.4 is 10.1 Å². The Morgan fingerprint density at radius 2 is 1.97 bits per heavy atom. The molecule has 1 atom stereocenters. The van der Waals surface area contributed by atoms with E-state index in [1.807, 2.05) is 61.2 Å². The third-order valence-electron chi connectivity index (χ3n) is 5.19. The molecule has 0 aliphatic carbocycles. The predicted octanol–water partition coefficient (Wildman–Crippen LogP) is 3.82. The summed E-state index contributed by atoms with van der Waals surface area (Å²) in [5.74, 6) is 3.05. The van der Waals surface area contributed by atoms with Gasteiger partial charge in [0, 0.05) is 36.7 Å². The van der Waals surface area contributed by atoms with Crippen molar-refractivity contribution in [3.8, 4) is 17.0 Å². The van der Waals surface area contributed by atoms with Crippen LogP contribution in [0.2, 0.25) is 0 Å². The van der Waals surface area contributed by atoms with Gasteiger partial charge in [-0.05, 0) is 30.7 Å². The molecule has 6 nitrogen and oxygen atoms in total. The van der Waals surface area contributed by atoms with Crippen molar-refractivity contribution in [1.29, 1.82) is 0 Å². The molecule has 3 aromatic rings. The Bertz CT molecular complexity index is 986. The quantitative estimate of drug-likeness (QED) is 0.562. The van der Waals surface area contributed by atoms with E-state index < -0.39 is 0 Å². The molecule has 1 unspecified atom stereocenters. The molecule has 0 bridgehead atoms. The maximum atomic E-state index is 12.5. The molecule has 1 saturated heterocycles. The first-order valence-electron chi connectivity index (χ1n) is 10.6. The number of carbonyl (C=O) groups excluding carboxylic acids is 1. The maximum Gasteiger partial charge on any atom is 0.269 e. The average molecular weight is 437 g/mol. The number of nitrogens with one attached hydrogen (secondary N) is 2. The summed E-state index contributed by atoms with van der Waals surface area (Å²) in [6.07, 6.45) is -0.151. The molecule has 1 aliphatic rings. The first-order chi connectivity index (χ1) is 15.2. The van der Waals surface area contributed by atoms with E-state index in [-0.39, 0.29) is 12.0 Å². The van der Waals surface area contributed by atoms with Crippen LogP contribution >= 0.6 is 11.8 Å². The third kappa shape index (κ3) is 6.12. The Kier molecular flexibility index (Phi) is 7.27. The lowest BCUT2D eigenvalue weighted by Crippen LogP contribution is -2.34. The summed E-state index contributed by atoms with van der Waals surface area (Å²) in [4.78, 5) is 15.0. The fourth-order valence-corrected chi connectivity index (χ4v) is 4.51. The lowest BCUT2D eigenvalue weighted by atomic mass is 10.1. The highest BCUT2D eigenvalue weighted by Gasteiger charge is 2.14. The molecular weight excluding hydrogens is 408 g/mol. The minimum Gasteiger partial charge on any atom is -0.489 e. The SMILES string of the molecule is CC(CNC(=O)c1cc(-c2ccccc2)n[nH]1)Oc1cccc(CN2CCSCC2)c1. The summed E-state index contributed by atoms with van der Waals surface area (Å²) in [6, 6.07) is 19.8. The number of hydrogen-bond acceptors (Lipinski definition) is 5. The zero-order chi connectivity index (χ0) is 21.5. The van der Waals surface area contributed by atoms with Crippen LogP contribution in [0.4, 0.5) is 0 Å². The number of amides is 1. The number of rotatable bonds is 8. The van der Waals surface area contributed by atoms with Gasteiger partial charge in [0.05, 0.1) is 12.2 Å². The van der Waals surface area contributed by atoms with Gasteiger partial charge in [-0.2, -0.15) is 16.9 Å². The molecule has 162 valence electrons. The van der Waals surface area contributed by atoms with Crippen LogP contribution in [0.1, 0.15) is 23.0 Å². The molecule has 7 heteroatoms. The summed E-state index contributed by atoms with van der Waals surface area (Å²) >= 11 is 2.02. The summed E-state index contributed by atoms with van der Waals surface area (Å²) in [5, 5.41) is 9.97. The largest absolute Gasteiger partial charge is 0.489 e. The van der Waals surface area contributed by atoms with Gasteiger partial charge in [0.2, 0.25) is 0 Å². The fraction of sp³-hybridized carbons (Fsp3) is 0.333. The number of aromatic nitrogens is 2. The van der Waals surface area contributed by atoms with E-state index in [9.17, 15) is 4.79 Å². The van der Waals surface area contributed by atoms with Crippen molar-refractivity contribution in [3.05, 3.63) is 71.9 Å². The Labute approximate surface area is 187 Å². The molecule has 2 aromatic carbocycles. The molecule has 0 spiro atoms. The van der Waals surface area contributed by atoms with Crippen LogP contribution in [-0.2, 0) is 6.54 Å². The van der Waals surface area contributed by atoms with Gasteiger partial charge in [0.25, 0.3) is 5.91 Å². The standard InChI is InChI=1S/C24H28N4O2S/c1-18(30-21-9-5-6-19(14-21)17-28-10-12-31-13-11-28)16-25-24(29)23-15-22(26-27-23)20-7-3-2-4-8-20/h2-9,14-15,18H,10-13,16-17H2,1H3,(H,25,29)(H,26,27). The average Bonchev–Trinajstić information content (AvgIpc) is 3.30. The van der Waals surface area contributed by atoms with Gasteiger partial charge < -0.3 is 10.1 Å². The van der Waals surface area contributed by atoms with Crippen molar-refractivity contribution >= 4 is 17.7 Å². The highest BCUT2D eigenvalue weighted by molar-refractivity contribution is 7.99. The number of nitrogens with zero attached hydrogens (tertiary/aromatic N) is 2. The summed E-state index contributed by atoms with van der Waals surface area (Å²) in [6.45, 7) is 5.59. The number of hydrogen-bond donors (Lipinski definition) is 2. The molecule has 1 fully saturated rings. The smallest absolute Gasteiger partial charge is 0.269 e. The molecule has 31 heavy (non-hydrogen) atoms. The van der Waals surface area contributed by atoms with Crippen molar-refractivity contribution < 1.29 is 9.53 Å². The fourth-order valence-electron chi connectivity index (χ4n) is 3.54. The highest BCUT2D eigenvalue weighted by atomic mass is 32.2. The maximum absolute atomic E-state index is 12.5. The predicted molar refractivity (Wildman–Crippen MR) is 125 cm³/mol. The van der Waals surface area contributed by atoms with E-state index in [1.165, 1.54) is 17.1 Å². The molecule has 1 amide bonds. The number of benzene rings is 2. The van der Waals surface area contributed by atoms with E-state index in [4.69, 9.17) is 4.74 Å². The van der Waals surface area contributed by atoms with Crippen molar-refractivity contribution in [1.82, 2.24) is 20.4 Å². The van der Waals surface area contributed by atoms with Crippen molar-refractivity contribution in [2.24, 2.45) is 0 Å². The van der Waals surface area contributed by atoms with E-state index in [0.29, 0.717) is 12.2 Å². The van der Waals surface area contributed by atoms with Crippen LogP contribution in [0.15, 0.2) is 60.7 Å². The van der Waals surface area contributed by atoms with Crippen LogP contribution in [0.3, 0.4) is 0 Å². The molecule has 0 radical (unpaired) electrons. The normalized spacial score (nSPS) is 15.4. The van der Waals surface area contributed by atoms with Gasteiger partial charge in [-0.3, -0.25) is 14.8 Å². The lowest BCUT2D eigenvalue weighted by molar-refractivity contribution is 0.0927. The molecule has 0 saturated carbocycles. The first-order valence-corrected chi connectivity index (χ1v) is 11.8. The van der Waals surface area contributed by atoms with Crippen LogP contribution in [0, 0.1) is 0 Å². The molecule has 1 aromatic heterocycles. The Balaban J connectivity index is 1.27. The zero-order valence-electron chi connectivity index (χ0n) is 17.7. The second-order valence-corrected chi connectivity index (χ2v) is 8.93. The Hall–Kier alpha value is -2.77. The minimum absolute atomic E-state index is 0.151. The molecule has 4 rings (SSSR count). The zero-order valence-corrected chi connectivity index (χ0v) is 18.5. The van der Waals surface area contributed by atoms with Crippen molar-refractivity contribution in [2.45, 2.75) is 19.6 Å². The highest BCUT2D eigenvalue weighted by Crippen LogP contribution is 2.19. The summed E-state index contributed by atoms with van der Waals surface area (Å²) in [7, 11) is 0. The topological polar surface area (TPSA) is 70.2 Å². The van der Waals surface area contributed by atoms with E-state index in [0.717, 1.165) is 36.6 Å². The number of aromatic amines is 1. The molecule has 2 heterocycles. The second kappa shape index (κ2) is 10.5. The van der Waals surface area contributed by atoms with Crippen LogP contribution in [-0.4, -0.2) is 58.2 Å². The third-order valence-corrected chi connectivity index (χ3v) is 6.13. The van der Waals surface area contributed by atoms with Crippen molar-refractivity contribution in [2.75, 3.05) is 31.1 Å². The molecule has 1 aliphatic heterocycles. The van der Waals surface area contributed by atoms with Gasteiger partial charge >= 0.3 is 0 Å². The Morgan fingerprint density at radius 1 is 1.16 bits per heavy atom. The van der Waals surface area contributed by atoms with Gasteiger partial charge in [0.1, 0.15) is 17.5 Å². The number of H-pyrrole nitrogens is 1. The first kappa shape index (κ1) is 21.5. The lowest BCUT2D eigenvalue weighted by Gasteiger charge is -2.26. The van der Waals surface area contributed by atoms with E-state index in [2.05, 4.69) is 32.5 Å². The number of ether oxygens (including phenoxy) is 1. The second-order valence-electron chi connectivity index (χ2n) is 7.71. The van der Waals surface area contributed by atoms with E-state index >= 15 is 0 Å².